The Kier molecular flexibility index (Phi) is 3.85. The highest BCUT2D eigenvalue weighted by molar-refractivity contribution is 5.77. The van der Waals surface area contributed by atoms with E-state index < -0.39 is 23.3 Å². The molecule has 0 fully saturated rings. The predicted octanol–water partition coefficient (Wildman–Crippen LogP) is 2.32. The monoisotopic (exact) mass is 262 g/mol. The highest BCUT2D eigenvalue weighted by Gasteiger charge is 2.35. The van der Waals surface area contributed by atoms with Gasteiger partial charge in [-0.25, -0.2) is 4.39 Å². The van der Waals surface area contributed by atoms with Gasteiger partial charge in [0.25, 0.3) is 0 Å². The van der Waals surface area contributed by atoms with Crippen LogP contribution in [-0.4, -0.2) is 5.11 Å². The van der Waals surface area contributed by atoms with Crippen molar-refractivity contribution in [2.45, 2.75) is 6.18 Å². The van der Waals surface area contributed by atoms with Gasteiger partial charge in [0.15, 0.2) is 0 Å². The number of nitrogens with two attached hydrogens (primary N) is 2. The average Bonchev–Trinajstić information content (AvgIpc) is 2.25. The topological polar surface area (TPSA) is 72.3 Å². The molecule has 0 aromatic heterocycles. The lowest BCUT2D eigenvalue weighted by Crippen LogP contribution is -2.09. The van der Waals surface area contributed by atoms with Crippen LogP contribution >= 0.6 is 0 Å². The van der Waals surface area contributed by atoms with Crippen LogP contribution in [0.4, 0.5) is 17.6 Å². The molecule has 18 heavy (non-hydrogen) atoms. The average molecular weight is 262 g/mol. The summed E-state index contributed by atoms with van der Waals surface area (Å²) in [5.41, 5.74) is 8.59. The van der Waals surface area contributed by atoms with Crippen LogP contribution in [-0.2, 0) is 6.18 Å². The molecule has 0 aliphatic rings. The van der Waals surface area contributed by atoms with Gasteiger partial charge in [0, 0.05) is 23.4 Å². The van der Waals surface area contributed by atoms with Crippen molar-refractivity contribution < 1.29 is 22.7 Å². The van der Waals surface area contributed by atoms with Crippen molar-refractivity contribution in [2.75, 3.05) is 0 Å². The van der Waals surface area contributed by atoms with Gasteiger partial charge >= 0.3 is 6.18 Å². The molecule has 0 radical (unpaired) electrons. The van der Waals surface area contributed by atoms with Crippen molar-refractivity contribution in [3.63, 3.8) is 0 Å². The molecule has 0 aliphatic carbocycles. The van der Waals surface area contributed by atoms with E-state index in [2.05, 4.69) is 0 Å². The molecule has 1 aromatic carbocycles. The van der Waals surface area contributed by atoms with Gasteiger partial charge in [0.1, 0.15) is 11.6 Å². The summed E-state index contributed by atoms with van der Waals surface area (Å²) in [5.74, 6) is -2.22. The molecular weight excluding hydrogens is 252 g/mol. The minimum atomic E-state index is -4.86. The lowest BCUT2D eigenvalue weighted by atomic mass is 10.0. The second-order valence-electron chi connectivity index (χ2n) is 3.33. The van der Waals surface area contributed by atoms with E-state index in [1.807, 2.05) is 0 Å². The molecule has 1 aromatic rings. The van der Waals surface area contributed by atoms with Crippen LogP contribution in [0.5, 0.6) is 5.75 Å². The van der Waals surface area contributed by atoms with Crippen LogP contribution in [0.1, 0.15) is 11.1 Å². The predicted molar refractivity (Wildman–Crippen MR) is 58.6 cm³/mol. The minimum absolute atomic E-state index is 0.0421. The fourth-order valence-corrected chi connectivity index (χ4v) is 1.35. The number of benzene rings is 1. The molecular formula is C11H10F4N2O. The van der Waals surface area contributed by atoms with Gasteiger partial charge in [-0.3, -0.25) is 0 Å². The second-order valence-corrected chi connectivity index (χ2v) is 3.33. The summed E-state index contributed by atoms with van der Waals surface area (Å²) in [6, 6.07) is 0.857. The van der Waals surface area contributed by atoms with E-state index in [0.29, 0.717) is 12.1 Å². The molecule has 98 valence electrons. The van der Waals surface area contributed by atoms with Crippen LogP contribution in [0.25, 0.3) is 5.57 Å². The summed E-state index contributed by atoms with van der Waals surface area (Å²) >= 11 is 0. The Morgan fingerprint density at radius 1 is 1.22 bits per heavy atom. The van der Waals surface area contributed by atoms with Crippen LogP contribution in [0.2, 0.25) is 0 Å². The van der Waals surface area contributed by atoms with Crippen LogP contribution in [0.3, 0.4) is 0 Å². The van der Waals surface area contributed by atoms with Crippen molar-refractivity contribution in [3.8, 4) is 5.75 Å². The Balaban J connectivity index is 3.47. The fraction of sp³-hybridized carbons (Fsp3) is 0.0909. The Hall–Kier alpha value is -2.18. The number of aromatic hydroxyl groups is 1. The lowest BCUT2D eigenvalue weighted by molar-refractivity contribution is -0.140. The summed E-state index contributed by atoms with van der Waals surface area (Å²) in [5, 5.41) is 9.43. The first-order valence-electron chi connectivity index (χ1n) is 4.71. The normalized spacial score (nSPS) is 13.2. The Morgan fingerprint density at radius 3 is 2.28 bits per heavy atom. The third kappa shape index (κ3) is 2.73. The molecule has 5 N–H and O–H groups in total. The smallest absolute Gasteiger partial charge is 0.419 e. The van der Waals surface area contributed by atoms with E-state index in [1.54, 1.807) is 0 Å². The van der Waals surface area contributed by atoms with E-state index in [-0.39, 0.29) is 11.1 Å². The van der Waals surface area contributed by atoms with Gasteiger partial charge < -0.3 is 16.6 Å². The maximum Gasteiger partial charge on any atom is 0.419 e. The molecule has 0 bridgehead atoms. The first-order valence-corrected chi connectivity index (χ1v) is 4.71. The van der Waals surface area contributed by atoms with Gasteiger partial charge in [0.05, 0.1) is 5.56 Å². The maximum absolute atomic E-state index is 13.1. The number of hydrogen-bond acceptors (Lipinski definition) is 3. The van der Waals surface area contributed by atoms with E-state index >= 15 is 0 Å². The highest BCUT2D eigenvalue weighted by atomic mass is 19.4. The number of phenolic OH excluding ortho intramolecular Hbond substituents is 1. The Bertz CT molecular complexity index is 507. The van der Waals surface area contributed by atoms with Crippen LogP contribution in [0, 0.1) is 5.82 Å². The van der Waals surface area contributed by atoms with Gasteiger partial charge in [-0.15, -0.1) is 0 Å². The van der Waals surface area contributed by atoms with E-state index in [1.165, 1.54) is 6.08 Å². The van der Waals surface area contributed by atoms with Crippen LogP contribution < -0.4 is 11.5 Å². The Labute approximate surface area is 100 Å². The molecule has 3 nitrogen and oxygen atoms in total. The van der Waals surface area contributed by atoms with Gasteiger partial charge in [-0.05, 0) is 18.3 Å². The molecule has 0 saturated carbocycles. The molecule has 0 atom stereocenters. The number of allylic oxidation sites excluding steroid dienone is 2. The van der Waals surface area contributed by atoms with Gasteiger partial charge in [-0.1, -0.05) is 0 Å². The van der Waals surface area contributed by atoms with Crippen molar-refractivity contribution >= 4 is 5.57 Å². The molecule has 0 amide bonds. The summed E-state index contributed by atoms with van der Waals surface area (Å²) in [4.78, 5) is 0. The molecule has 1 rings (SSSR count). The third-order valence-electron chi connectivity index (χ3n) is 2.16. The minimum Gasteiger partial charge on any atom is -0.507 e. The quantitative estimate of drug-likeness (QED) is 0.565. The summed E-state index contributed by atoms with van der Waals surface area (Å²) in [7, 11) is 0. The molecule has 0 aliphatic heterocycles. The lowest BCUT2D eigenvalue weighted by Gasteiger charge is -2.12. The Morgan fingerprint density at radius 2 is 1.83 bits per heavy atom. The van der Waals surface area contributed by atoms with E-state index in [4.69, 9.17) is 11.5 Å². The molecule has 0 unspecified atom stereocenters. The largest absolute Gasteiger partial charge is 0.507 e. The van der Waals surface area contributed by atoms with Crippen molar-refractivity contribution in [1.82, 2.24) is 0 Å². The summed E-state index contributed by atoms with van der Waals surface area (Å²) in [6.45, 7) is 0. The number of alkyl halides is 3. The number of rotatable bonds is 2. The van der Waals surface area contributed by atoms with Gasteiger partial charge in [-0.2, -0.15) is 13.2 Å². The zero-order valence-electron chi connectivity index (χ0n) is 9.00. The molecule has 7 heteroatoms. The summed E-state index contributed by atoms with van der Waals surface area (Å²) < 4.78 is 50.6. The summed E-state index contributed by atoms with van der Waals surface area (Å²) in [6.07, 6.45) is -1.68. The first-order chi connectivity index (χ1) is 8.31. The van der Waals surface area contributed by atoms with Crippen molar-refractivity contribution in [3.05, 3.63) is 47.6 Å². The highest BCUT2D eigenvalue weighted by Crippen LogP contribution is 2.36. The molecule has 0 saturated heterocycles. The van der Waals surface area contributed by atoms with Crippen molar-refractivity contribution in [2.24, 2.45) is 11.5 Å². The standard InChI is InChI=1S/C11H10F4N2O/c12-9-4-10(18)7(6(5-17)1-2-16)3-8(9)11(13,14)15/h1-5,18H,16-17H2/b2-1-,6-5+. The number of halogens is 4. The zero-order chi connectivity index (χ0) is 13.9. The van der Waals surface area contributed by atoms with E-state index in [0.717, 1.165) is 12.4 Å². The fourth-order valence-electron chi connectivity index (χ4n) is 1.35. The number of phenols is 1. The number of hydrogen-bond donors (Lipinski definition) is 3. The SMILES string of the molecule is N/C=C\C(=C/N)c1cc(C(F)(F)F)c(F)cc1O. The molecule has 0 heterocycles. The zero-order valence-corrected chi connectivity index (χ0v) is 9.00. The maximum atomic E-state index is 13.1. The van der Waals surface area contributed by atoms with E-state index in [9.17, 15) is 22.7 Å². The first kappa shape index (κ1) is 13.9. The third-order valence-corrected chi connectivity index (χ3v) is 2.16. The second kappa shape index (κ2) is 4.99. The van der Waals surface area contributed by atoms with Crippen LogP contribution in [0.15, 0.2) is 30.6 Å². The van der Waals surface area contributed by atoms with Crippen molar-refractivity contribution in [1.29, 1.82) is 0 Å². The molecule has 0 spiro atoms. The van der Waals surface area contributed by atoms with Gasteiger partial charge in [0.2, 0.25) is 0 Å².